The van der Waals surface area contributed by atoms with Gasteiger partial charge in [-0.15, -0.1) is 0 Å². The summed E-state index contributed by atoms with van der Waals surface area (Å²) in [5.74, 6) is -1.17. The first kappa shape index (κ1) is 38.6. The van der Waals surface area contributed by atoms with Gasteiger partial charge in [-0.05, 0) is 0 Å². The quantitative estimate of drug-likeness (QED) is 0.261. The van der Waals surface area contributed by atoms with Crippen LogP contribution in [0.3, 0.4) is 0 Å². The molecule has 0 heterocycles. The van der Waals surface area contributed by atoms with Crippen molar-refractivity contribution in [3.05, 3.63) is 0 Å². The Balaban J connectivity index is -0.0000000434. The third-order valence-corrected chi connectivity index (χ3v) is 0.845. The van der Waals surface area contributed by atoms with Crippen LogP contribution in [0.2, 0.25) is 0 Å². The molecular formula is C5H9NO11P2Zn3. The fraction of sp³-hybridized carbons (Fsp3) is 0.600. The Morgan fingerprint density at radius 2 is 1.05 bits per heavy atom. The van der Waals surface area contributed by atoms with Gasteiger partial charge >= 0.3 is 64.4 Å². The molecule has 0 radical (unpaired) electrons. The number of carbonyl (C=O) groups is 2. The fourth-order valence-electron chi connectivity index (χ4n) is 0.348. The summed E-state index contributed by atoms with van der Waals surface area (Å²) in [4.78, 5) is 71.4. The molecule has 3 N–H and O–H groups in total. The average molecular weight is 517 g/mol. The summed E-state index contributed by atoms with van der Waals surface area (Å²) in [7, 11) is -10.8. The zero-order valence-corrected chi connectivity index (χ0v) is 21.9. The van der Waals surface area contributed by atoms with Crippen molar-refractivity contribution < 1.29 is 112 Å². The van der Waals surface area contributed by atoms with Crippen LogP contribution in [-0.4, -0.2) is 23.4 Å². The minimum absolute atomic E-state index is 0. The Kier molecular flexibility index (Phi) is 35.5. The van der Waals surface area contributed by atoms with Crippen molar-refractivity contribution in [1.29, 1.82) is 0 Å². The zero-order valence-electron chi connectivity index (χ0n) is 11.2. The predicted octanol–water partition coefficient (Wildman–Crippen LogP) is -6.28. The zero-order chi connectivity index (χ0) is 16.3. The molecular weight excluding hydrogens is 508 g/mol. The molecule has 0 amide bonds. The van der Waals surface area contributed by atoms with Crippen LogP contribution in [0.25, 0.3) is 0 Å². The summed E-state index contributed by atoms with van der Waals surface area (Å²) in [6.07, 6.45) is -0.0676. The SMILES string of the molecule is NCC(=O)CCC(=O)O.O=P([O-])([O-])[O-].O=P([O-])([O-])[O-].[Zn+2].[Zn+2].[Zn+2]. The number of ketones is 1. The Morgan fingerprint density at radius 3 is 1.18 bits per heavy atom. The molecule has 0 rings (SSSR count). The number of carbonyl (C=O) groups excluding carboxylic acids is 1. The molecule has 0 saturated carbocycles. The van der Waals surface area contributed by atoms with E-state index in [1.165, 1.54) is 0 Å². The van der Waals surface area contributed by atoms with Crippen molar-refractivity contribution >= 4 is 27.4 Å². The molecule has 17 heteroatoms. The van der Waals surface area contributed by atoms with Crippen molar-refractivity contribution in [2.75, 3.05) is 6.54 Å². The van der Waals surface area contributed by atoms with E-state index in [0.717, 1.165) is 0 Å². The Morgan fingerprint density at radius 1 is 0.818 bits per heavy atom. The van der Waals surface area contributed by atoms with Gasteiger partial charge in [0, 0.05) is 6.42 Å². The first-order valence-electron chi connectivity index (χ1n) is 4.06. The average Bonchev–Trinajstić information content (AvgIpc) is 2.08. The third-order valence-electron chi connectivity index (χ3n) is 0.845. The van der Waals surface area contributed by atoms with Gasteiger partial charge in [0.25, 0.3) is 0 Å². The number of aliphatic carboxylic acids is 1. The van der Waals surface area contributed by atoms with Crippen LogP contribution in [-0.2, 0) is 77.2 Å². The van der Waals surface area contributed by atoms with Crippen LogP contribution in [0, 0.1) is 0 Å². The molecule has 12 nitrogen and oxygen atoms in total. The molecule has 0 aromatic carbocycles. The van der Waals surface area contributed by atoms with E-state index in [2.05, 4.69) is 0 Å². The monoisotopic (exact) mass is 513 g/mol. The Bertz CT molecular complexity index is 332. The molecule has 0 aromatic heterocycles. The van der Waals surface area contributed by atoms with Crippen molar-refractivity contribution in [2.24, 2.45) is 5.73 Å². The van der Waals surface area contributed by atoms with E-state index in [1.807, 2.05) is 0 Å². The van der Waals surface area contributed by atoms with Crippen molar-refractivity contribution in [3.63, 3.8) is 0 Å². The van der Waals surface area contributed by atoms with Gasteiger partial charge in [0.2, 0.25) is 0 Å². The number of phosphoric acid groups is 2. The van der Waals surface area contributed by atoms with Gasteiger partial charge in [0.15, 0.2) is 0 Å². The van der Waals surface area contributed by atoms with Gasteiger partial charge in [0.1, 0.15) is 5.78 Å². The van der Waals surface area contributed by atoms with Gasteiger partial charge in [-0.25, -0.2) is 0 Å². The van der Waals surface area contributed by atoms with E-state index >= 15 is 0 Å². The molecule has 116 valence electrons. The van der Waals surface area contributed by atoms with E-state index in [9.17, 15) is 9.59 Å². The maximum Gasteiger partial charge on any atom is 2.00 e. The largest absolute Gasteiger partial charge is 2.00 e. The van der Waals surface area contributed by atoms with Gasteiger partial charge in [0.05, 0.1) is 13.0 Å². The maximum atomic E-state index is 10.3. The topological polar surface area (TPSA) is 253 Å². The van der Waals surface area contributed by atoms with E-state index in [0.29, 0.717) is 0 Å². The third kappa shape index (κ3) is 129. The second-order valence-corrected chi connectivity index (χ2v) is 4.32. The molecule has 0 unspecified atom stereocenters. The molecule has 0 aliphatic carbocycles. The van der Waals surface area contributed by atoms with Gasteiger partial charge in [-0.3, -0.25) is 9.59 Å². The molecule has 0 aliphatic rings. The number of rotatable bonds is 4. The number of hydrogen-bond donors (Lipinski definition) is 2. The van der Waals surface area contributed by atoms with E-state index in [4.69, 9.17) is 49.3 Å². The van der Waals surface area contributed by atoms with E-state index in [1.54, 1.807) is 0 Å². The molecule has 0 bridgehead atoms. The summed E-state index contributed by atoms with van der Waals surface area (Å²) < 4.78 is 17.1. The fourth-order valence-corrected chi connectivity index (χ4v) is 0.348. The normalized spacial score (nSPS) is 9.05. The predicted molar refractivity (Wildman–Crippen MR) is 46.1 cm³/mol. The Hall–Kier alpha value is 1.19. The number of carboxylic acid groups (broad SMARTS) is 1. The van der Waals surface area contributed by atoms with Gasteiger partial charge < -0.3 is 49.3 Å². The molecule has 22 heavy (non-hydrogen) atoms. The first-order valence-corrected chi connectivity index (χ1v) is 6.98. The van der Waals surface area contributed by atoms with Crippen molar-refractivity contribution in [1.82, 2.24) is 0 Å². The summed E-state index contributed by atoms with van der Waals surface area (Å²) >= 11 is 0. The van der Waals surface area contributed by atoms with Crippen LogP contribution in [0.4, 0.5) is 0 Å². The van der Waals surface area contributed by atoms with Gasteiger partial charge in [-0.2, -0.15) is 15.6 Å². The number of hydrogen-bond acceptors (Lipinski definition) is 11. The number of nitrogens with two attached hydrogens (primary N) is 1. The minimum Gasteiger partial charge on any atom is -0.822 e. The van der Waals surface area contributed by atoms with Crippen molar-refractivity contribution in [3.8, 4) is 0 Å². The maximum absolute atomic E-state index is 10.3. The first-order chi connectivity index (χ1) is 8.16. The van der Waals surface area contributed by atoms with E-state index < -0.39 is 21.6 Å². The summed E-state index contributed by atoms with van der Waals surface area (Å²) in [6.45, 7) is -0.0622. The molecule has 0 atom stereocenters. The standard InChI is InChI=1S/C5H9NO3.2H3O4P.3Zn/c6-3-4(7)1-2-5(8)9;2*1-5(2,3)4;;;/h1-3,6H2,(H,8,9);2*(H3,1,2,3,4);;;/q;;;3*+2/p-6. The number of Topliss-reactive ketones (excluding diaryl/α,β-unsaturated/α-hetero) is 1. The van der Waals surface area contributed by atoms with Gasteiger partial charge in [-0.1, -0.05) is 0 Å². The van der Waals surface area contributed by atoms with Crippen LogP contribution >= 0.6 is 15.6 Å². The summed E-state index contributed by atoms with van der Waals surface area (Å²) in [5.41, 5.74) is 4.92. The summed E-state index contributed by atoms with van der Waals surface area (Å²) in [5, 5.41) is 8.06. The molecule has 0 aliphatic heterocycles. The molecule has 0 aromatic rings. The van der Waals surface area contributed by atoms with Crippen LogP contribution in [0.15, 0.2) is 0 Å². The smallest absolute Gasteiger partial charge is 0.822 e. The second kappa shape index (κ2) is 20.2. The molecule has 0 saturated heterocycles. The van der Waals surface area contributed by atoms with Crippen LogP contribution in [0.5, 0.6) is 0 Å². The van der Waals surface area contributed by atoms with Crippen LogP contribution in [0.1, 0.15) is 12.8 Å². The van der Waals surface area contributed by atoms with Crippen molar-refractivity contribution in [2.45, 2.75) is 12.8 Å². The second-order valence-electron chi connectivity index (χ2n) is 2.53. The van der Waals surface area contributed by atoms with Crippen LogP contribution < -0.4 is 35.1 Å². The summed E-state index contributed by atoms with van der Waals surface area (Å²) in [6, 6.07) is 0. The number of carboxylic acids is 1. The molecule has 0 spiro atoms. The molecule has 0 fully saturated rings. The Labute approximate surface area is 163 Å². The van der Waals surface area contributed by atoms with E-state index in [-0.39, 0.29) is 83.6 Å². The minimum atomic E-state index is -5.39.